The number of phenols is 1. The van der Waals surface area contributed by atoms with E-state index in [0.717, 1.165) is 11.6 Å². The first-order valence-corrected chi connectivity index (χ1v) is 9.73. The number of para-hydroxylation sites is 1. The first kappa shape index (κ1) is 19.4. The highest BCUT2D eigenvalue weighted by atomic mass is 32.2. The van der Waals surface area contributed by atoms with Gasteiger partial charge in [-0.1, -0.05) is 24.3 Å². The molecule has 0 atom stereocenters. The van der Waals surface area contributed by atoms with E-state index in [0.29, 0.717) is 0 Å². The van der Waals surface area contributed by atoms with Crippen LogP contribution >= 0.6 is 0 Å². The molecule has 8 heteroatoms. The maximum atomic E-state index is 13.7. The Morgan fingerprint density at radius 2 is 1.71 bits per heavy atom. The van der Waals surface area contributed by atoms with Crippen molar-refractivity contribution in [2.75, 3.05) is 10.0 Å². The van der Waals surface area contributed by atoms with E-state index in [1.807, 2.05) is 0 Å². The Morgan fingerprint density at radius 1 is 0.964 bits per heavy atom. The van der Waals surface area contributed by atoms with E-state index in [-0.39, 0.29) is 27.6 Å². The van der Waals surface area contributed by atoms with Crippen LogP contribution in [-0.4, -0.2) is 19.4 Å². The van der Waals surface area contributed by atoms with Crippen LogP contribution in [0.4, 0.5) is 15.8 Å². The molecule has 0 saturated heterocycles. The fraction of sp³-hybridized carbons (Fsp3) is 0.0500. The zero-order valence-electron chi connectivity index (χ0n) is 14.8. The monoisotopic (exact) mass is 400 g/mol. The van der Waals surface area contributed by atoms with Gasteiger partial charge in [0, 0.05) is 5.56 Å². The van der Waals surface area contributed by atoms with Gasteiger partial charge in [-0.25, -0.2) is 12.8 Å². The van der Waals surface area contributed by atoms with Gasteiger partial charge in [0.05, 0.1) is 16.3 Å². The molecule has 144 valence electrons. The average molecular weight is 400 g/mol. The summed E-state index contributed by atoms with van der Waals surface area (Å²) in [5.74, 6) is -1.41. The lowest BCUT2D eigenvalue weighted by molar-refractivity contribution is 0.102. The average Bonchev–Trinajstić information content (AvgIpc) is 2.66. The summed E-state index contributed by atoms with van der Waals surface area (Å²) >= 11 is 0. The van der Waals surface area contributed by atoms with Gasteiger partial charge in [0.25, 0.3) is 15.9 Å². The van der Waals surface area contributed by atoms with Crippen molar-refractivity contribution < 1.29 is 22.7 Å². The SMILES string of the molecule is Cc1ccc(NC(=O)c2cccc(S(=O)(=O)Nc3ccccc3F)c2)c(O)c1. The molecular formula is C20H17FN2O4S. The van der Waals surface area contributed by atoms with Crippen molar-refractivity contribution >= 4 is 27.3 Å². The lowest BCUT2D eigenvalue weighted by Crippen LogP contribution is -2.16. The molecule has 0 aliphatic rings. The molecule has 0 fully saturated rings. The number of hydrogen-bond acceptors (Lipinski definition) is 4. The number of rotatable bonds is 5. The van der Waals surface area contributed by atoms with Gasteiger partial charge in [0.15, 0.2) is 0 Å². The summed E-state index contributed by atoms with van der Waals surface area (Å²) in [5.41, 5.74) is 0.898. The number of phenolic OH excluding ortho intramolecular Hbond substituents is 1. The number of amides is 1. The number of aromatic hydroxyl groups is 1. The number of carbonyl (C=O) groups is 1. The zero-order valence-corrected chi connectivity index (χ0v) is 15.6. The number of anilines is 2. The molecule has 1 amide bonds. The fourth-order valence-electron chi connectivity index (χ4n) is 2.49. The molecule has 0 spiro atoms. The van der Waals surface area contributed by atoms with Gasteiger partial charge in [-0.15, -0.1) is 0 Å². The van der Waals surface area contributed by atoms with E-state index in [2.05, 4.69) is 10.0 Å². The van der Waals surface area contributed by atoms with Crippen molar-refractivity contribution in [3.05, 3.63) is 83.7 Å². The van der Waals surface area contributed by atoms with Gasteiger partial charge in [-0.3, -0.25) is 9.52 Å². The van der Waals surface area contributed by atoms with Crippen molar-refractivity contribution in [1.29, 1.82) is 0 Å². The van der Waals surface area contributed by atoms with E-state index >= 15 is 0 Å². The Labute approximate surface area is 161 Å². The Kier molecular flexibility index (Phi) is 5.32. The van der Waals surface area contributed by atoms with Gasteiger partial charge in [0.2, 0.25) is 0 Å². The summed E-state index contributed by atoms with van der Waals surface area (Å²) in [4.78, 5) is 12.2. The Morgan fingerprint density at radius 3 is 2.43 bits per heavy atom. The van der Waals surface area contributed by atoms with Gasteiger partial charge < -0.3 is 10.4 Å². The van der Waals surface area contributed by atoms with E-state index in [1.165, 1.54) is 48.5 Å². The molecule has 0 saturated carbocycles. The number of halogens is 1. The lowest BCUT2D eigenvalue weighted by atomic mass is 10.2. The molecule has 0 bridgehead atoms. The first-order valence-electron chi connectivity index (χ1n) is 8.25. The predicted molar refractivity (Wildman–Crippen MR) is 104 cm³/mol. The third-order valence-electron chi connectivity index (χ3n) is 3.93. The lowest BCUT2D eigenvalue weighted by Gasteiger charge is -2.11. The number of benzene rings is 3. The van der Waals surface area contributed by atoms with Crippen LogP contribution in [0.15, 0.2) is 71.6 Å². The molecule has 28 heavy (non-hydrogen) atoms. The van der Waals surface area contributed by atoms with Crippen LogP contribution in [-0.2, 0) is 10.0 Å². The predicted octanol–water partition coefficient (Wildman–Crippen LogP) is 3.89. The molecule has 0 aliphatic carbocycles. The smallest absolute Gasteiger partial charge is 0.262 e. The quantitative estimate of drug-likeness (QED) is 0.566. The van der Waals surface area contributed by atoms with E-state index < -0.39 is 21.7 Å². The summed E-state index contributed by atoms with van der Waals surface area (Å²) in [5, 5.41) is 12.4. The summed E-state index contributed by atoms with van der Waals surface area (Å²) in [6.45, 7) is 1.79. The summed E-state index contributed by atoms with van der Waals surface area (Å²) < 4.78 is 41.0. The van der Waals surface area contributed by atoms with Crippen LogP contribution in [0.1, 0.15) is 15.9 Å². The number of sulfonamides is 1. The molecule has 6 nitrogen and oxygen atoms in total. The molecular weight excluding hydrogens is 383 g/mol. The highest BCUT2D eigenvalue weighted by Crippen LogP contribution is 2.25. The van der Waals surface area contributed by atoms with Crippen LogP contribution in [0.25, 0.3) is 0 Å². The molecule has 3 rings (SSSR count). The van der Waals surface area contributed by atoms with Crippen LogP contribution in [0.2, 0.25) is 0 Å². The molecule has 3 aromatic carbocycles. The van der Waals surface area contributed by atoms with Crippen LogP contribution in [0, 0.1) is 12.7 Å². The third-order valence-corrected chi connectivity index (χ3v) is 5.29. The maximum Gasteiger partial charge on any atom is 0.262 e. The van der Waals surface area contributed by atoms with Crippen LogP contribution < -0.4 is 10.0 Å². The normalized spacial score (nSPS) is 11.1. The van der Waals surface area contributed by atoms with Crippen LogP contribution in [0.5, 0.6) is 5.75 Å². The summed E-state index contributed by atoms with van der Waals surface area (Å²) in [6.07, 6.45) is 0. The van der Waals surface area contributed by atoms with Gasteiger partial charge in [-0.2, -0.15) is 0 Å². The Balaban J connectivity index is 1.85. The topological polar surface area (TPSA) is 95.5 Å². The fourth-order valence-corrected chi connectivity index (χ4v) is 3.61. The second kappa shape index (κ2) is 7.69. The minimum absolute atomic E-state index is 0.0661. The Hall–Kier alpha value is -3.39. The summed E-state index contributed by atoms with van der Waals surface area (Å²) in [7, 11) is -4.10. The van der Waals surface area contributed by atoms with Gasteiger partial charge in [-0.05, 0) is 55.0 Å². The second-order valence-corrected chi connectivity index (χ2v) is 7.77. The molecule has 0 radical (unpaired) electrons. The van der Waals surface area contributed by atoms with E-state index in [9.17, 15) is 22.7 Å². The third kappa shape index (κ3) is 4.29. The highest BCUT2D eigenvalue weighted by Gasteiger charge is 2.18. The number of nitrogens with one attached hydrogen (secondary N) is 2. The molecule has 0 aromatic heterocycles. The minimum atomic E-state index is -4.10. The first-order chi connectivity index (χ1) is 13.3. The van der Waals surface area contributed by atoms with Crippen molar-refractivity contribution in [1.82, 2.24) is 0 Å². The van der Waals surface area contributed by atoms with Gasteiger partial charge in [0.1, 0.15) is 11.6 Å². The van der Waals surface area contributed by atoms with Crippen molar-refractivity contribution in [2.45, 2.75) is 11.8 Å². The maximum absolute atomic E-state index is 13.7. The Bertz CT molecular complexity index is 1150. The molecule has 0 heterocycles. The van der Waals surface area contributed by atoms with Gasteiger partial charge >= 0.3 is 0 Å². The largest absolute Gasteiger partial charge is 0.506 e. The standard InChI is InChI=1S/C20H17FN2O4S/c1-13-9-10-18(19(24)11-13)22-20(25)14-5-4-6-15(12-14)28(26,27)23-17-8-3-2-7-16(17)21/h2-12,23-24H,1H3,(H,22,25). The van der Waals surface area contributed by atoms with Crippen molar-refractivity contribution in [3.8, 4) is 5.75 Å². The molecule has 0 unspecified atom stereocenters. The summed E-state index contributed by atoms with van der Waals surface area (Å²) in [6, 6.07) is 15.4. The zero-order chi connectivity index (χ0) is 20.3. The number of aryl methyl sites for hydroxylation is 1. The van der Waals surface area contributed by atoms with E-state index in [4.69, 9.17) is 0 Å². The minimum Gasteiger partial charge on any atom is -0.506 e. The van der Waals surface area contributed by atoms with Crippen LogP contribution in [0.3, 0.4) is 0 Å². The van der Waals surface area contributed by atoms with Crippen molar-refractivity contribution in [3.63, 3.8) is 0 Å². The van der Waals surface area contributed by atoms with Crippen molar-refractivity contribution in [2.24, 2.45) is 0 Å². The second-order valence-electron chi connectivity index (χ2n) is 6.09. The van der Waals surface area contributed by atoms with E-state index in [1.54, 1.807) is 19.1 Å². The number of carbonyl (C=O) groups excluding carboxylic acids is 1. The molecule has 0 aliphatic heterocycles. The molecule has 3 N–H and O–H groups in total. The highest BCUT2D eigenvalue weighted by molar-refractivity contribution is 7.92. The number of hydrogen-bond donors (Lipinski definition) is 3. The molecule has 3 aromatic rings.